The van der Waals surface area contributed by atoms with Crippen LogP contribution in [0.25, 0.3) is 0 Å². The van der Waals surface area contributed by atoms with Crippen molar-refractivity contribution in [3.63, 3.8) is 0 Å². The average Bonchev–Trinajstić information content (AvgIpc) is 3.14. The van der Waals surface area contributed by atoms with Crippen molar-refractivity contribution >= 4 is 11.8 Å². The maximum atomic E-state index is 12.5. The molecule has 0 radical (unpaired) electrons. The Labute approximate surface area is 299 Å². The van der Waals surface area contributed by atoms with Crippen LogP contribution in [0.2, 0.25) is 0 Å². The summed E-state index contributed by atoms with van der Waals surface area (Å²) in [4.78, 5) is 15.3. The average molecular weight is 701 g/mol. The number of hydrogen-bond donors (Lipinski definition) is 0. The fraction of sp³-hybridized carbons (Fsp3) is 0.425. The van der Waals surface area contributed by atoms with Gasteiger partial charge < -0.3 is 23.7 Å². The van der Waals surface area contributed by atoms with E-state index in [0.29, 0.717) is 37.7 Å². The lowest BCUT2D eigenvalue weighted by Crippen LogP contribution is -2.53. The first-order valence-corrected chi connectivity index (χ1v) is 18.2. The summed E-state index contributed by atoms with van der Waals surface area (Å²) in [6, 6.07) is 35.5. The number of pyridine rings is 1. The Morgan fingerprint density at radius 2 is 1.48 bits per heavy atom. The number of hydrogen-bond acceptors (Lipinski definition) is 9. The molecule has 1 saturated heterocycles. The van der Waals surface area contributed by atoms with Gasteiger partial charge in [0.25, 0.3) is 4.87 Å². The number of nitro groups is 1. The maximum absolute atomic E-state index is 12.5. The van der Waals surface area contributed by atoms with Crippen LogP contribution in [0, 0.1) is 10.1 Å². The quantitative estimate of drug-likeness (QED) is 0.0388. The van der Waals surface area contributed by atoms with Gasteiger partial charge in [-0.2, -0.15) is 0 Å². The minimum absolute atomic E-state index is 0.180. The second-order valence-electron chi connectivity index (χ2n) is 12.7. The molecule has 9 nitrogen and oxygen atoms in total. The molecule has 5 rings (SSSR count). The van der Waals surface area contributed by atoms with Crippen molar-refractivity contribution in [1.82, 2.24) is 4.98 Å². The summed E-state index contributed by atoms with van der Waals surface area (Å²) in [5, 5.41) is 13.1. The van der Waals surface area contributed by atoms with E-state index in [1.54, 1.807) is 25.3 Å². The Hall–Kier alpha value is -3.64. The molecule has 6 atom stereocenters. The molecule has 4 aromatic rings. The zero-order chi connectivity index (χ0) is 35.0. The number of unbranched alkanes of at least 4 members (excludes halogenated alkanes) is 1. The lowest BCUT2D eigenvalue weighted by molar-refractivity contribution is -0.537. The number of thioether (sulfide) groups is 1. The molecule has 3 aromatic carbocycles. The van der Waals surface area contributed by atoms with Crippen molar-refractivity contribution in [2.75, 3.05) is 6.61 Å². The summed E-state index contributed by atoms with van der Waals surface area (Å²) < 4.78 is 32.8. The van der Waals surface area contributed by atoms with E-state index in [1.807, 2.05) is 97.1 Å². The number of ether oxygens (including phenoxy) is 5. The summed E-state index contributed by atoms with van der Waals surface area (Å²) in [6.45, 7) is 5.19. The van der Waals surface area contributed by atoms with Crippen molar-refractivity contribution in [2.24, 2.45) is 0 Å². The van der Waals surface area contributed by atoms with Crippen LogP contribution in [-0.2, 0) is 43.5 Å². The summed E-state index contributed by atoms with van der Waals surface area (Å²) in [6.07, 6.45) is 2.19. The number of benzene rings is 3. The van der Waals surface area contributed by atoms with Gasteiger partial charge in [-0.15, -0.1) is 0 Å². The molecule has 10 heteroatoms. The van der Waals surface area contributed by atoms with Crippen LogP contribution in [0.3, 0.4) is 0 Å². The second-order valence-corrected chi connectivity index (χ2v) is 14.2. The summed E-state index contributed by atoms with van der Waals surface area (Å²) in [5.74, 6) is 0. The second kappa shape index (κ2) is 19.7. The van der Waals surface area contributed by atoms with E-state index < -0.39 is 29.5 Å². The largest absolute Gasteiger partial charge is 0.374 e. The molecule has 1 fully saturated rings. The van der Waals surface area contributed by atoms with Crippen molar-refractivity contribution in [3.8, 4) is 0 Å². The van der Waals surface area contributed by atoms with E-state index >= 15 is 0 Å². The highest BCUT2D eigenvalue weighted by molar-refractivity contribution is 8.00. The Morgan fingerprint density at radius 1 is 0.880 bits per heavy atom. The third-order valence-electron chi connectivity index (χ3n) is 8.65. The van der Waals surface area contributed by atoms with E-state index in [2.05, 4.69) is 11.9 Å². The Kier molecular flexibility index (Phi) is 14.8. The molecule has 1 aliphatic rings. The minimum atomic E-state index is -1.36. The third-order valence-corrected chi connectivity index (χ3v) is 9.85. The van der Waals surface area contributed by atoms with Crippen LogP contribution >= 0.6 is 11.8 Å². The van der Waals surface area contributed by atoms with Crippen molar-refractivity contribution in [1.29, 1.82) is 0 Å². The number of nitrogens with zero attached hydrogens (tertiary/aromatic N) is 2. The molecule has 0 N–H and O–H groups in total. The summed E-state index contributed by atoms with van der Waals surface area (Å²) in [5.41, 5.74) is 3.14. The van der Waals surface area contributed by atoms with Crippen molar-refractivity contribution in [3.05, 3.63) is 142 Å². The molecule has 50 heavy (non-hydrogen) atoms. The van der Waals surface area contributed by atoms with Gasteiger partial charge in [0.05, 0.1) is 45.1 Å². The summed E-state index contributed by atoms with van der Waals surface area (Å²) in [7, 11) is 0. The van der Waals surface area contributed by atoms with Gasteiger partial charge in [-0.25, -0.2) is 4.98 Å². The molecule has 1 aliphatic heterocycles. The first kappa shape index (κ1) is 37.6. The number of aromatic nitrogens is 1. The first-order chi connectivity index (χ1) is 24.4. The van der Waals surface area contributed by atoms with Crippen LogP contribution in [0.5, 0.6) is 0 Å². The van der Waals surface area contributed by atoms with Gasteiger partial charge in [0.15, 0.2) is 6.29 Å². The lowest BCUT2D eigenvalue weighted by atomic mass is 10.00. The smallest absolute Gasteiger partial charge is 0.272 e. The van der Waals surface area contributed by atoms with E-state index in [-0.39, 0.29) is 24.1 Å². The van der Waals surface area contributed by atoms with Gasteiger partial charge in [0, 0.05) is 24.5 Å². The fourth-order valence-electron chi connectivity index (χ4n) is 5.98. The number of rotatable bonds is 20. The van der Waals surface area contributed by atoms with Gasteiger partial charge in [-0.05, 0) is 47.0 Å². The van der Waals surface area contributed by atoms with Crippen molar-refractivity contribution in [2.45, 2.75) is 106 Å². The van der Waals surface area contributed by atoms with E-state index in [0.717, 1.165) is 41.3 Å². The molecule has 1 aromatic heterocycles. The standard InChI is InChI=1S/C40H48N2O7S/c1-3-4-22-34(26-40(2,42(43)44)50-37-23-14-15-24-41-37)48-38-25-35(46-28-32-18-10-6-11-19-32)39(47-29-33-20-12-7-13-21-33)36(49-38)30-45-27-31-16-8-5-9-17-31/h5-21,23-24,34-36,38-39H,3-4,22,25-30H2,1-2H3/t34-,35-,36-,38+,39+,40?/m1/s1. The molecule has 266 valence electrons. The highest BCUT2D eigenvalue weighted by Crippen LogP contribution is 2.38. The lowest BCUT2D eigenvalue weighted by Gasteiger charge is -2.42. The van der Waals surface area contributed by atoms with Crippen LogP contribution in [0.1, 0.15) is 62.6 Å². The van der Waals surface area contributed by atoms with E-state index in [1.165, 1.54) is 0 Å². The highest BCUT2D eigenvalue weighted by Gasteiger charge is 2.45. The monoisotopic (exact) mass is 700 g/mol. The fourth-order valence-corrected chi connectivity index (χ4v) is 7.03. The zero-order valence-electron chi connectivity index (χ0n) is 28.9. The Morgan fingerprint density at radius 3 is 2.06 bits per heavy atom. The third kappa shape index (κ3) is 11.7. The molecular formula is C40H48N2O7S. The normalized spacial score (nSPS) is 20.9. The van der Waals surface area contributed by atoms with Crippen LogP contribution in [0.15, 0.2) is 120 Å². The first-order valence-electron chi connectivity index (χ1n) is 17.4. The predicted molar refractivity (Wildman–Crippen MR) is 194 cm³/mol. The van der Waals surface area contributed by atoms with E-state index in [4.69, 9.17) is 23.7 Å². The molecule has 0 amide bonds. The van der Waals surface area contributed by atoms with E-state index in [9.17, 15) is 10.1 Å². The van der Waals surface area contributed by atoms with Gasteiger partial charge >= 0.3 is 0 Å². The van der Waals surface area contributed by atoms with Crippen LogP contribution < -0.4 is 0 Å². The Bertz CT molecular complexity index is 1540. The molecule has 0 spiro atoms. The topological polar surface area (TPSA) is 102 Å². The molecule has 1 unspecified atom stereocenters. The molecule has 0 bridgehead atoms. The molecule has 0 saturated carbocycles. The van der Waals surface area contributed by atoms with Crippen LogP contribution in [0.4, 0.5) is 0 Å². The molecule has 0 aliphatic carbocycles. The van der Waals surface area contributed by atoms with Gasteiger partial charge in [0.1, 0.15) is 17.2 Å². The molecule has 2 heterocycles. The minimum Gasteiger partial charge on any atom is -0.374 e. The van der Waals surface area contributed by atoms with Gasteiger partial charge in [-0.3, -0.25) is 10.1 Å². The Balaban J connectivity index is 1.37. The van der Waals surface area contributed by atoms with Gasteiger partial charge in [0.2, 0.25) is 0 Å². The SMILES string of the molecule is CCCC[C@H](CC(C)(Sc1ccccn1)[N+](=O)[O-])O[C@@H]1C[C@@H](OCc2ccccc2)[C@H](OCc2ccccc2)[C@@H](COCc2ccccc2)O1. The predicted octanol–water partition coefficient (Wildman–Crippen LogP) is 8.63. The highest BCUT2D eigenvalue weighted by atomic mass is 32.2. The maximum Gasteiger partial charge on any atom is 0.272 e. The zero-order valence-corrected chi connectivity index (χ0v) is 29.7. The van der Waals surface area contributed by atoms with Gasteiger partial charge in [-0.1, -0.05) is 117 Å². The van der Waals surface area contributed by atoms with Crippen LogP contribution in [-0.4, -0.2) is 52.1 Å². The molecular weight excluding hydrogens is 653 g/mol. The summed E-state index contributed by atoms with van der Waals surface area (Å²) >= 11 is 1.15. The van der Waals surface area contributed by atoms with Crippen molar-refractivity contribution < 1.29 is 28.6 Å².